The number of hydrogen-bond acceptors (Lipinski definition) is 2. The van der Waals surface area contributed by atoms with E-state index >= 15 is 0 Å². The van der Waals surface area contributed by atoms with Gasteiger partial charge in [0.1, 0.15) is 5.75 Å². The van der Waals surface area contributed by atoms with Crippen LogP contribution in [0, 0.1) is 5.92 Å². The Kier molecular flexibility index (Phi) is 5.90. The summed E-state index contributed by atoms with van der Waals surface area (Å²) in [6.07, 6.45) is 8.21. The Morgan fingerprint density at radius 1 is 1.15 bits per heavy atom. The summed E-state index contributed by atoms with van der Waals surface area (Å²) in [5.41, 5.74) is 1.35. The highest BCUT2D eigenvalue weighted by Gasteiger charge is 2.19. The van der Waals surface area contributed by atoms with Crippen LogP contribution in [0.25, 0.3) is 0 Å². The van der Waals surface area contributed by atoms with Crippen LogP contribution in [0.2, 0.25) is 0 Å². The van der Waals surface area contributed by atoms with Crippen LogP contribution in [0.15, 0.2) is 24.3 Å². The summed E-state index contributed by atoms with van der Waals surface area (Å²) in [6.45, 7) is 4.60. The molecule has 1 aromatic rings. The normalized spacial score (nSPS) is 24.9. The summed E-state index contributed by atoms with van der Waals surface area (Å²) in [5, 5.41) is 3.82. The van der Waals surface area contributed by atoms with Crippen molar-refractivity contribution in [1.29, 1.82) is 0 Å². The molecule has 2 rings (SSSR count). The molecular formula is C18H29NO. The Morgan fingerprint density at radius 3 is 2.55 bits per heavy atom. The van der Waals surface area contributed by atoms with Crippen molar-refractivity contribution >= 4 is 0 Å². The molecule has 1 aliphatic carbocycles. The van der Waals surface area contributed by atoms with Crippen LogP contribution in [0.5, 0.6) is 5.75 Å². The summed E-state index contributed by atoms with van der Waals surface area (Å²) < 4.78 is 5.22. The highest BCUT2D eigenvalue weighted by molar-refractivity contribution is 5.28. The molecule has 0 spiro atoms. The van der Waals surface area contributed by atoms with Gasteiger partial charge in [-0.3, -0.25) is 0 Å². The lowest BCUT2D eigenvalue weighted by Crippen LogP contribution is -2.31. The molecule has 0 aromatic heterocycles. The molecule has 1 aliphatic rings. The molecule has 2 heteroatoms. The van der Waals surface area contributed by atoms with Gasteiger partial charge >= 0.3 is 0 Å². The molecule has 1 fully saturated rings. The van der Waals surface area contributed by atoms with Crippen LogP contribution in [0.1, 0.15) is 64.0 Å². The Morgan fingerprint density at radius 2 is 1.90 bits per heavy atom. The first-order chi connectivity index (χ1) is 9.72. The van der Waals surface area contributed by atoms with E-state index in [0.29, 0.717) is 12.1 Å². The molecular weight excluding hydrogens is 246 g/mol. The molecule has 2 nitrogen and oxygen atoms in total. The van der Waals surface area contributed by atoms with Gasteiger partial charge in [0.2, 0.25) is 0 Å². The quantitative estimate of drug-likeness (QED) is 0.786. The van der Waals surface area contributed by atoms with Crippen molar-refractivity contribution < 1.29 is 4.74 Å². The second-order valence-corrected chi connectivity index (χ2v) is 6.14. The number of nitrogens with one attached hydrogen (secondary N) is 1. The van der Waals surface area contributed by atoms with Gasteiger partial charge in [-0.2, -0.15) is 0 Å². The Hall–Kier alpha value is -1.02. The van der Waals surface area contributed by atoms with E-state index in [4.69, 9.17) is 4.74 Å². The summed E-state index contributed by atoms with van der Waals surface area (Å²) in [4.78, 5) is 0. The van der Waals surface area contributed by atoms with Crippen molar-refractivity contribution in [3.63, 3.8) is 0 Å². The number of hydrogen-bond donors (Lipinski definition) is 1. The van der Waals surface area contributed by atoms with Crippen LogP contribution in [0.4, 0.5) is 0 Å². The van der Waals surface area contributed by atoms with E-state index in [1.54, 1.807) is 7.11 Å². The minimum absolute atomic E-state index is 0.420. The fourth-order valence-corrected chi connectivity index (χ4v) is 3.30. The predicted octanol–water partition coefficient (Wildman–Crippen LogP) is 4.70. The summed E-state index contributed by atoms with van der Waals surface area (Å²) >= 11 is 0. The van der Waals surface area contributed by atoms with Crippen molar-refractivity contribution in [1.82, 2.24) is 5.32 Å². The first-order valence-corrected chi connectivity index (χ1v) is 8.13. The third kappa shape index (κ3) is 4.24. The molecule has 1 aromatic carbocycles. The molecule has 0 bridgehead atoms. The smallest absolute Gasteiger partial charge is 0.118 e. The van der Waals surface area contributed by atoms with E-state index < -0.39 is 0 Å². The van der Waals surface area contributed by atoms with Crippen LogP contribution in [-0.2, 0) is 0 Å². The van der Waals surface area contributed by atoms with Crippen LogP contribution < -0.4 is 10.1 Å². The van der Waals surface area contributed by atoms with Crippen molar-refractivity contribution in [2.24, 2.45) is 5.92 Å². The highest BCUT2D eigenvalue weighted by atomic mass is 16.5. The van der Waals surface area contributed by atoms with Crippen molar-refractivity contribution in [2.45, 2.75) is 64.5 Å². The Balaban J connectivity index is 1.88. The molecule has 0 heterocycles. The lowest BCUT2D eigenvalue weighted by molar-refractivity contribution is 0.398. The number of rotatable bonds is 5. The molecule has 3 atom stereocenters. The third-order valence-corrected chi connectivity index (χ3v) is 4.77. The summed E-state index contributed by atoms with van der Waals surface area (Å²) in [5.74, 6) is 1.89. The molecule has 1 saturated carbocycles. The Labute approximate surface area is 123 Å². The molecule has 0 radical (unpaired) electrons. The van der Waals surface area contributed by atoms with Gasteiger partial charge in [0, 0.05) is 12.1 Å². The molecule has 0 saturated heterocycles. The number of methoxy groups -OCH3 is 1. The first-order valence-electron chi connectivity index (χ1n) is 8.13. The first kappa shape index (κ1) is 15.4. The maximum Gasteiger partial charge on any atom is 0.118 e. The molecule has 1 N–H and O–H groups in total. The second kappa shape index (κ2) is 7.68. The zero-order valence-corrected chi connectivity index (χ0v) is 13.2. The molecule has 2 unspecified atom stereocenters. The minimum atomic E-state index is 0.420. The van der Waals surface area contributed by atoms with Crippen molar-refractivity contribution in [2.75, 3.05) is 7.11 Å². The number of benzene rings is 1. The van der Waals surface area contributed by atoms with Crippen LogP contribution in [-0.4, -0.2) is 13.2 Å². The van der Waals surface area contributed by atoms with Gasteiger partial charge < -0.3 is 10.1 Å². The summed E-state index contributed by atoms with van der Waals surface area (Å²) in [6, 6.07) is 9.54. The zero-order chi connectivity index (χ0) is 14.4. The largest absolute Gasteiger partial charge is 0.497 e. The number of ether oxygens (including phenoxy) is 1. The highest BCUT2D eigenvalue weighted by Crippen LogP contribution is 2.27. The Bertz CT molecular complexity index is 387. The molecule has 0 amide bonds. The average Bonchev–Trinajstić information content (AvgIpc) is 2.72. The van der Waals surface area contributed by atoms with E-state index in [1.807, 2.05) is 12.1 Å². The fraction of sp³-hybridized carbons (Fsp3) is 0.667. The van der Waals surface area contributed by atoms with E-state index in [9.17, 15) is 0 Å². The lowest BCUT2D eigenvalue weighted by Gasteiger charge is -2.22. The van der Waals surface area contributed by atoms with E-state index in [2.05, 4.69) is 31.3 Å². The van der Waals surface area contributed by atoms with E-state index in [1.165, 1.54) is 44.1 Å². The topological polar surface area (TPSA) is 21.3 Å². The van der Waals surface area contributed by atoms with Gasteiger partial charge in [0.15, 0.2) is 0 Å². The van der Waals surface area contributed by atoms with Gasteiger partial charge in [-0.1, -0.05) is 38.3 Å². The second-order valence-electron chi connectivity index (χ2n) is 6.14. The fourth-order valence-electron chi connectivity index (χ4n) is 3.30. The summed E-state index contributed by atoms with van der Waals surface area (Å²) in [7, 11) is 1.71. The van der Waals surface area contributed by atoms with Gasteiger partial charge in [-0.05, 0) is 49.8 Å². The maximum absolute atomic E-state index is 5.22. The van der Waals surface area contributed by atoms with E-state index in [0.717, 1.165) is 11.7 Å². The average molecular weight is 275 g/mol. The monoisotopic (exact) mass is 275 g/mol. The minimum Gasteiger partial charge on any atom is -0.497 e. The molecule has 0 aliphatic heterocycles. The van der Waals surface area contributed by atoms with Gasteiger partial charge in [0.25, 0.3) is 0 Å². The zero-order valence-electron chi connectivity index (χ0n) is 13.2. The third-order valence-electron chi connectivity index (χ3n) is 4.77. The van der Waals surface area contributed by atoms with Gasteiger partial charge in [-0.15, -0.1) is 0 Å². The standard InChI is InChI=1S/C18H29NO/c1-4-15-6-5-7-17(11-8-15)19-14(2)16-9-12-18(20-3)13-10-16/h9-10,12-15,17,19H,4-8,11H2,1-3H3/t14-,15?,17?/m0/s1. The van der Waals surface area contributed by atoms with Crippen molar-refractivity contribution in [3.05, 3.63) is 29.8 Å². The van der Waals surface area contributed by atoms with Crippen LogP contribution >= 0.6 is 0 Å². The van der Waals surface area contributed by atoms with Crippen molar-refractivity contribution in [3.8, 4) is 5.75 Å². The molecule has 20 heavy (non-hydrogen) atoms. The lowest BCUT2D eigenvalue weighted by atomic mass is 9.97. The van der Waals surface area contributed by atoms with E-state index in [-0.39, 0.29) is 0 Å². The predicted molar refractivity (Wildman–Crippen MR) is 85.2 cm³/mol. The maximum atomic E-state index is 5.22. The SMILES string of the molecule is CCC1CCCC(N[C@@H](C)c2ccc(OC)cc2)CC1. The molecule has 112 valence electrons. The van der Waals surface area contributed by atoms with Gasteiger partial charge in [-0.25, -0.2) is 0 Å². The van der Waals surface area contributed by atoms with Gasteiger partial charge in [0.05, 0.1) is 7.11 Å². The van der Waals surface area contributed by atoms with Crippen LogP contribution in [0.3, 0.4) is 0 Å².